The van der Waals surface area contributed by atoms with E-state index >= 15 is 0 Å². The molecule has 22 heavy (non-hydrogen) atoms. The van der Waals surface area contributed by atoms with Gasteiger partial charge in [0.15, 0.2) is 5.75 Å². The lowest BCUT2D eigenvalue weighted by molar-refractivity contribution is 0.160. The Bertz CT molecular complexity index is 600. The molecule has 0 aromatic heterocycles. The highest BCUT2D eigenvalue weighted by molar-refractivity contribution is 8.13. The molecule has 1 rings (SSSR count). The Labute approximate surface area is 148 Å². The third-order valence-electron chi connectivity index (χ3n) is 2.20. The standard InChI is InChI=1S/C12H15Cl3NO4PS/c1-4-5-18-21(17,20-16-8(2)22-3)19-12-7-10(14)9(13)6-11(12)15/h6-7H,4-5H2,1-3H3/b16-8+. The molecule has 1 atom stereocenters. The minimum atomic E-state index is -3.97. The fourth-order valence-electron chi connectivity index (χ4n) is 1.11. The van der Waals surface area contributed by atoms with Crippen molar-refractivity contribution in [2.45, 2.75) is 20.3 Å². The molecule has 0 amide bonds. The van der Waals surface area contributed by atoms with Crippen LogP contribution in [0, 0.1) is 0 Å². The van der Waals surface area contributed by atoms with Crippen molar-refractivity contribution in [1.82, 2.24) is 0 Å². The number of phosphoric ester groups is 1. The highest BCUT2D eigenvalue weighted by Gasteiger charge is 2.32. The molecular formula is C12H15Cl3NO4PS. The van der Waals surface area contributed by atoms with Crippen LogP contribution in [0.25, 0.3) is 0 Å². The van der Waals surface area contributed by atoms with E-state index in [2.05, 4.69) is 5.16 Å². The lowest BCUT2D eigenvalue weighted by Gasteiger charge is -2.17. The number of oxime groups is 1. The summed E-state index contributed by atoms with van der Waals surface area (Å²) in [5.74, 6) is 0.0347. The molecule has 0 heterocycles. The summed E-state index contributed by atoms with van der Waals surface area (Å²) in [6.07, 6.45) is 2.42. The molecule has 1 aromatic carbocycles. The minimum absolute atomic E-state index is 0.0347. The Morgan fingerprint density at radius 2 is 1.91 bits per heavy atom. The quantitative estimate of drug-likeness (QED) is 0.175. The number of benzene rings is 1. The van der Waals surface area contributed by atoms with Gasteiger partial charge in [0.2, 0.25) is 0 Å². The molecule has 124 valence electrons. The summed E-state index contributed by atoms with van der Waals surface area (Å²) < 4.78 is 28.0. The van der Waals surface area contributed by atoms with Gasteiger partial charge in [0.1, 0.15) is 5.04 Å². The Kier molecular flexibility index (Phi) is 8.39. The van der Waals surface area contributed by atoms with Crippen molar-refractivity contribution in [2.75, 3.05) is 12.9 Å². The van der Waals surface area contributed by atoms with Crippen molar-refractivity contribution in [2.24, 2.45) is 5.16 Å². The normalized spacial score (nSPS) is 14.5. The molecule has 10 heteroatoms. The predicted molar refractivity (Wildman–Crippen MR) is 93.7 cm³/mol. The van der Waals surface area contributed by atoms with E-state index < -0.39 is 7.82 Å². The Hall–Kier alpha value is -0.100. The Balaban J connectivity index is 3.03. The van der Waals surface area contributed by atoms with Crippen LogP contribution in [0.15, 0.2) is 17.3 Å². The van der Waals surface area contributed by atoms with Gasteiger partial charge in [0, 0.05) is 6.07 Å². The number of phosphoric acid groups is 1. The number of thioether (sulfide) groups is 1. The number of halogens is 3. The van der Waals surface area contributed by atoms with Crippen molar-refractivity contribution >= 4 is 59.4 Å². The highest BCUT2D eigenvalue weighted by Crippen LogP contribution is 2.52. The van der Waals surface area contributed by atoms with Crippen LogP contribution in [0.2, 0.25) is 15.1 Å². The average molecular weight is 407 g/mol. The van der Waals surface area contributed by atoms with Crippen molar-refractivity contribution in [3.05, 3.63) is 27.2 Å². The van der Waals surface area contributed by atoms with Gasteiger partial charge in [-0.2, -0.15) is 0 Å². The number of rotatable bonds is 7. The lowest BCUT2D eigenvalue weighted by atomic mass is 10.3. The van der Waals surface area contributed by atoms with Gasteiger partial charge >= 0.3 is 7.82 Å². The second-order valence-electron chi connectivity index (χ2n) is 3.96. The van der Waals surface area contributed by atoms with Gasteiger partial charge < -0.3 is 4.52 Å². The van der Waals surface area contributed by atoms with Crippen LogP contribution in [-0.4, -0.2) is 17.9 Å². The van der Waals surface area contributed by atoms with Crippen molar-refractivity contribution in [3.63, 3.8) is 0 Å². The summed E-state index contributed by atoms with van der Waals surface area (Å²) in [5, 5.41) is 4.84. The topological polar surface area (TPSA) is 57.1 Å². The van der Waals surface area contributed by atoms with Gasteiger partial charge in [0.05, 0.1) is 21.7 Å². The first-order valence-electron chi connectivity index (χ1n) is 6.17. The van der Waals surface area contributed by atoms with Crippen molar-refractivity contribution < 1.29 is 18.2 Å². The van der Waals surface area contributed by atoms with Crippen LogP contribution < -0.4 is 4.52 Å². The smallest absolute Gasteiger partial charge is 0.392 e. The molecule has 0 N–H and O–H groups in total. The molecule has 0 bridgehead atoms. The fourth-order valence-corrected chi connectivity index (χ4v) is 3.06. The summed E-state index contributed by atoms with van der Waals surface area (Å²) in [7, 11) is -3.97. The Morgan fingerprint density at radius 1 is 1.27 bits per heavy atom. The lowest BCUT2D eigenvalue weighted by Crippen LogP contribution is -2.02. The van der Waals surface area contributed by atoms with Gasteiger partial charge in [-0.25, -0.2) is 4.57 Å². The average Bonchev–Trinajstić information content (AvgIpc) is 2.48. The first-order chi connectivity index (χ1) is 10.3. The van der Waals surface area contributed by atoms with Crippen LogP contribution in [0.4, 0.5) is 0 Å². The molecule has 0 saturated heterocycles. The summed E-state index contributed by atoms with van der Waals surface area (Å²) in [6.45, 7) is 3.72. The van der Waals surface area contributed by atoms with Gasteiger partial charge in [-0.15, -0.1) is 11.8 Å². The molecule has 1 unspecified atom stereocenters. The van der Waals surface area contributed by atoms with Crippen LogP contribution in [0.1, 0.15) is 20.3 Å². The molecule has 0 saturated carbocycles. The van der Waals surface area contributed by atoms with E-state index in [0.29, 0.717) is 11.5 Å². The summed E-state index contributed by atoms with van der Waals surface area (Å²) in [6, 6.07) is 2.71. The largest absolute Gasteiger partial charge is 0.608 e. The van der Waals surface area contributed by atoms with Crippen LogP contribution in [-0.2, 0) is 13.7 Å². The first kappa shape index (κ1) is 19.9. The molecule has 0 aliphatic heterocycles. The molecule has 0 spiro atoms. The van der Waals surface area contributed by atoms with Gasteiger partial charge in [0.25, 0.3) is 0 Å². The number of hydrogen-bond acceptors (Lipinski definition) is 6. The van der Waals surface area contributed by atoms with Gasteiger partial charge in [-0.1, -0.05) is 46.9 Å². The van der Waals surface area contributed by atoms with E-state index in [-0.39, 0.29) is 27.4 Å². The number of nitrogens with zero attached hydrogens (tertiary/aromatic N) is 1. The van der Waals surface area contributed by atoms with Crippen molar-refractivity contribution in [3.8, 4) is 5.75 Å². The molecule has 5 nitrogen and oxygen atoms in total. The molecule has 0 radical (unpaired) electrons. The summed E-state index contributed by atoms with van der Waals surface area (Å²) >= 11 is 19.1. The minimum Gasteiger partial charge on any atom is -0.392 e. The van der Waals surface area contributed by atoms with E-state index in [9.17, 15) is 4.57 Å². The first-order valence-corrected chi connectivity index (χ1v) is 9.99. The molecule has 0 aliphatic rings. The number of hydrogen-bond donors (Lipinski definition) is 0. The highest BCUT2D eigenvalue weighted by atomic mass is 35.5. The third-order valence-corrected chi connectivity index (χ3v) is 5.09. The zero-order valence-corrected chi connectivity index (χ0v) is 16.1. The van der Waals surface area contributed by atoms with E-state index in [1.807, 2.05) is 6.92 Å². The zero-order valence-electron chi connectivity index (χ0n) is 12.1. The van der Waals surface area contributed by atoms with E-state index in [4.69, 9.17) is 48.5 Å². The van der Waals surface area contributed by atoms with E-state index in [1.165, 1.54) is 23.9 Å². The van der Waals surface area contributed by atoms with Crippen LogP contribution >= 0.6 is 54.4 Å². The van der Waals surface area contributed by atoms with Crippen LogP contribution in [0.3, 0.4) is 0 Å². The molecular weight excluding hydrogens is 392 g/mol. The zero-order chi connectivity index (χ0) is 16.8. The van der Waals surface area contributed by atoms with Crippen LogP contribution in [0.5, 0.6) is 5.75 Å². The molecule has 1 aromatic rings. The molecule has 0 aliphatic carbocycles. The second kappa shape index (κ2) is 9.26. The maximum Gasteiger partial charge on any atom is 0.608 e. The Morgan fingerprint density at radius 3 is 2.50 bits per heavy atom. The van der Waals surface area contributed by atoms with Crippen molar-refractivity contribution in [1.29, 1.82) is 0 Å². The second-order valence-corrected chi connectivity index (χ2v) is 7.68. The SMILES string of the molecule is CCCOP(=O)(O/N=C(\C)SC)Oc1cc(Cl)c(Cl)cc1Cl. The molecule has 0 fully saturated rings. The van der Waals surface area contributed by atoms with Gasteiger partial charge in [-0.05, 0) is 25.7 Å². The maximum absolute atomic E-state index is 12.6. The predicted octanol–water partition coefficient (Wildman–Crippen LogP) is 6.27. The summed E-state index contributed by atoms with van der Waals surface area (Å²) in [5.41, 5.74) is 0. The van der Waals surface area contributed by atoms with E-state index in [0.717, 1.165) is 0 Å². The fraction of sp³-hybridized carbons (Fsp3) is 0.417. The maximum atomic E-state index is 12.6. The third kappa shape index (κ3) is 6.19. The van der Waals surface area contributed by atoms with E-state index in [1.54, 1.807) is 13.2 Å². The summed E-state index contributed by atoms with van der Waals surface area (Å²) in [4.78, 5) is 0. The van der Waals surface area contributed by atoms with Gasteiger partial charge in [-0.3, -0.25) is 9.15 Å². The monoisotopic (exact) mass is 405 g/mol.